The van der Waals surface area contributed by atoms with Gasteiger partial charge in [-0.15, -0.1) is 0 Å². The van der Waals surface area contributed by atoms with E-state index in [1.165, 1.54) is 6.33 Å². The molecule has 7 heteroatoms. The zero-order chi connectivity index (χ0) is 18.0. The number of nitrogens with zero attached hydrogens (tertiary/aromatic N) is 5. The fraction of sp³-hybridized carbons (Fsp3) is 0.474. The molecule has 2 aliphatic rings. The average Bonchev–Trinajstić information content (AvgIpc) is 2.66. The molecule has 0 radical (unpaired) electrons. The van der Waals surface area contributed by atoms with Gasteiger partial charge < -0.3 is 15.5 Å². The predicted molar refractivity (Wildman–Crippen MR) is 99.2 cm³/mol. The molecule has 1 amide bonds. The second kappa shape index (κ2) is 6.90. The van der Waals surface area contributed by atoms with Crippen LogP contribution in [0.4, 0.5) is 11.6 Å². The molecule has 0 aromatic carbocycles. The van der Waals surface area contributed by atoms with Gasteiger partial charge in [-0.1, -0.05) is 6.07 Å². The number of likely N-dealkylation sites (tertiary alicyclic amines) is 1. The molecule has 4 rings (SSSR count). The summed E-state index contributed by atoms with van der Waals surface area (Å²) in [5, 5.41) is 0. The molecule has 2 fully saturated rings. The van der Waals surface area contributed by atoms with Crippen LogP contribution >= 0.6 is 0 Å². The molecule has 136 valence electrons. The fourth-order valence-corrected chi connectivity index (χ4v) is 4.23. The number of piperidine rings is 2. The number of hydrogen-bond donors (Lipinski definition) is 1. The third kappa shape index (κ3) is 3.47. The van der Waals surface area contributed by atoms with Crippen molar-refractivity contribution in [3.8, 4) is 0 Å². The van der Waals surface area contributed by atoms with Crippen LogP contribution in [0.1, 0.15) is 31.2 Å². The van der Waals surface area contributed by atoms with Crippen LogP contribution in [0.2, 0.25) is 0 Å². The van der Waals surface area contributed by atoms with E-state index >= 15 is 0 Å². The molecule has 2 aromatic heterocycles. The zero-order valence-electron chi connectivity index (χ0n) is 14.8. The van der Waals surface area contributed by atoms with Gasteiger partial charge in [-0.2, -0.15) is 0 Å². The Labute approximate surface area is 153 Å². The molecule has 0 aliphatic carbocycles. The van der Waals surface area contributed by atoms with Gasteiger partial charge in [0, 0.05) is 56.5 Å². The van der Waals surface area contributed by atoms with E-state index in [9.17, 15) is 4.79 Å². The first-order valence-corrected chi connectivity index (χ1v) is 9.13. The van der Waals surface area contributed by atoms with Gasteiger partial charge in [0.1, 0.15) is 18.0 Å². The van der Waals surface area contributed by atoms with Gasteiger partial charge in [-0.05, 0) is 30.9 Å². The van der Waals surface area contributed by atoms with E-state index in [0.717, 1.165) is 50.3 Å². The quantitative estimate of drug-likeness (QED) is 0.907. The summed E-state index contributed by atoms with van der Waals surface area (Å²) in [4.78, 5) is 29.3. The number of aromatic nitrogens is 3. The zero-order valence-corrected chi connectivity index (χ0v) is 14.8. The molecule has 4 heterocycles. The largest absolute Gasteiger partial charge is 0.384 e. The highest BCUT2D eigenvalue weighted by molar-refractivity contribution is 5.77. The van der Waals surface area contributed by atoms with Gasteiger partial charge in [-0.3, -0.25) is 9.78 Å². The average molecular weight is 352 g/mol. The van der Waals surface area contributed by atoms with E-state index in [2.05, 4.69) is 19.9 Å². The Morgan fingerprint density at radius 2 is 2.15 bits per heavy atom. The van der Waals surface area contributed by atoms with Crippen LogP contribution in [-0.4, -0.2) is 45.4 Å². The molecule has 2 N–H and O–H groups in total. The Bertz CT molecular complexity index is 783. The van der Waals surface area contributed by atoms with E-state index in [-0.39, 0.29) is 11.3 Å². The lowest BCUT2D eigenvalue weighted by Gasteiger charge is -2.48. The van der Waals surface area contributed by atoms with E-state index in [1.807, 2.05) is 29.3 Å². The first-order chi connectivity index (χ1) is 12.6. The number of anilines is 2. The minimum atomic E-state index is 0.119. The van der Waals surface area contributed by atoms with Crippen molar-refractivity contribution in [2.24, 2.45) is 5.41 Å². The predicted octanol–water partition coefficient (Wildman–Crippen LogP) is 1.86. The highest BCUT2D eigenvalue weighted by atomic mass is 16.2. The number of carbonyl (C=O) groups excluding carboxylic acids is 1. The lowest BCUT2D eigenvalue weighted by molar-refractivity contribution is -0.138. The molecule has 26 heavy (non-hydrogen) atoms. The molecule has 1 unspecified atom stereocenters. The van der Waals surface area contributed by atoms with E-state index in [4.69, 9.17) is 5.73 Å². The Morgan fingerprint density at radius 3 is 2.96 bits per heavy atom. The SMILES string of the molecule is Nc1cc(N2CCCC3(CCC(=O)N(Cc4cccnc4)C3)C2)ncn1. The number of nitrogens with two attached hydrogens (primary N) is 1. The van der Waals surface area contributed by atoms with E-state index < -0.39 is 0 Å². The summed E-state index contributed by atoms with van der Waals surface area (Å²) in [7, 11) is 0. The summed E-state index contributed by atoms with van der Waals surface area (Å²) in [6.45, 7) is 3.29. The lowest BCUT2D eigenvalue weighted by atomic mass is 9.73. The van der Waals surface area contributed by atoms with Crippen LogP contribution in [0.25, 0.3) is 0 Å². The molecule has 0 saturated carbocycles. The first kappa shape index (κ1) is 16.8. The maximum Gasteiger partial charge on any atom is 0.222 e. The van der Waals surface area contributed by atoms with Crippen LogP contribution < -0.4 is 10.6 Å². The first-order valence-electron chi connectivity index (χ1n) is 9.13. The summed E-state index contributed by atoms with van der Waals surface area (Å²) in [6.07, 6.45) is 8.90. The van der Waals surface area contributed by atoms with Crippen molar-refractivity contribution in [3.05, 3.63) is 42.5 Å². The van der Waals surface area contributed by atoms with Crippen LogP contribution in [0.5, 0.6) is 0 Å². The minimum Gasteiger partial charge on any atom is -0.384 e. The van der Waals surface area contributed by atoms with Gasteiger partial charge in [-0.25, -0.2) is 9.97 Å². The molecular weight excluding hydrogens is 328 g/mol. The van der Waals surface area contributed by atoms with Crippen molar-refractivity contribution in [1.29, 1.82) is 0 Å². The third-order valence-corrected chi connectivity index (χ3v) is 5.50. The number of amides is 1. The molecule has 0 bridgehead atoms. The number of pyridine rings is 1. The van der Waals surface area contributed by atoms with Gasteiger partial charge in [0.05, 0.1) is 0 Å². The van der Waals surface area contributed by atoms with Gasteiger partial charge in [0.25, 0.3) is 0 Å². The van der Waals surface area contributed by atoms with Crippen molar-refractivity contribution in [2.45, 2.75) is 32.2 Å². The molecule has 1 spiro atoms. The second-order valence-electron chi connectivity index (χ2n) is 7.44. The molecule has 2 aromatic rings. The van der Waals surface area contributed by atoms with Crippen molar-refractivity contribution in [1.82, 2.24) is 19.9 Å². The molecule has 1 atom stereocenters. The van der Waals surface area contributed by atoms with Crippen LogP contribution in [0.15, 0.2) is 36.9 Å². The fourth-order valence-electron chi connectivity index (χ4n) is 4.23. The molecule has 2 aliphatic heterocycles. The second-order valence-corrected chi connectivity index (χ2v) is 7.44. The van der Waals surface area contributed by atoms with E-state index in [1.54, 1.807) is 6.20 Å². The molecular formula is C19H24N6O. The lowest BCUT2D eigenvalue weighted by Crippen LogP contribution is -2.54. The summed E-state index contributed by atoms with van der Waals surface area (Å²) in [6, 6.07) is 5.78. The number of carbonyl (C=O) groups is 1. The summed E-state index contributed by atoms with van der Waals surface area (Å²) >= 11 is 0. The topological polar surface area (TPSA) is 88.2 Å². The smallest absolute Gasteiger partial charge is 0.222 e. The maximum atomic E-state index is 12.5. The van der Waals surface area contributed by atoms with Crippen LogP contribution in [0.3, 0.4) is 0 Å². The normalized spacial score (nSPS) is 23.5. The van der Waals surface area contributed by atoms with Gasteiger partial charge in [0.15, 0.2) is 0 Å². The highest BCUT2D eigenvalue weighted by Crippen LogP contribution is 2.40. The third-order valence-electron chi connectivity index (χ3n) is 5.50. The number of nitrogen functional groups attached to an aromatic ring is 1. The number of hydrogen-bond acceptors (Lipinski definition) is 6. The van der Waals surface area contributed by atoms with Crippen molar-refractivity contribution in [3.63, 3.8) is 0 Å². The van der Waals surface area contributed by atoms with Crippen LogP contribution in [-0.2, 0) is 11.3 Å². The number of rotatable bonds is 3. The maximum absolute atomic E-state index is 12.5. The Balaban J connectivity index is 1.51. The summed E-state index contributed by atoms with van der Waals surface area (Å²) in [5.41, 5.74) is 7.02. The Kier molecular flexibility index (Phi) is 4.44. The Hall–Kier alpha value is -2.70. The Morgan fingerprint density at radius 1 is 1.23 bits per heavy atom. The minimum absolute atomic E-state index is 0.119. The van der Waals surface area contributed by atoms with Gasteiger partial charge >= 0.3 is 0 Å². The highest BCUT2D eigenvalue weighted by Gasteiger charge is 2.42. The van der Waals surface area contributed by atoms with Crippen molar-refractivity contribution >= 4 is 17.5 Å². The van der Waals surface area contributed by atoms with Crippen molar-refractivity contribution in [2.75, 3.05) is 30.3 Å². The van der Waals surface area contributed by atoms with Crippen LogP contribution in [0, 0.1) is 5.41 Å². The summed E-state index contributed by atoms with van der Waals surface area (Å²) in [5.74, 6) is 1.61. The van der Waals surface area contributed by atoms with Gasteiger partial charge in [0.2, 0.25) is 5.91 Å². The van der Waals surface area contributed by atoms with E-state index in [0.29, 0.717) is 18.8 Å². The molecule has 2 saturated heterocycles. The standard InChI is InChI=1S/C19H24N6O/c20-16-9-17(23-14-22-16)24-8-2-5-19(12-24)6-4-18(26)25(13-19)11-15-3-1-7-21-10-15/h1,3,7,9-10,14H,2,4-6,8,11-13H2,(H2,20,22,23). The molecule has 7 nitrogen and oxygen atoms in total. The summed E-state index contributed by atoms with van der Waals surface area (Å²) < 4.78 is 0. The monoisotopic (exact) mass is 352 g/mol. The van der Waals surface area contributed by atoms with Crippen molar-refractivity contribution < 1.29 is 4.79 Å².